The summed E-state index contributed by atoms with van der Waals surface area (Å²) in [6.45, 7) is 3.74. The van der Waals surface area contributed by atoms with E-state index in [0.717, 1.165) is 17.2 Å². The first kappa shape index (κ1) is 23.5. The molecule has 0 bridgehead atoms. The van der Waals surface area contributed by atoms with E-state index < -0.39 is 16.3 Å². The molecule has 4 aromatic rings. The van der Waals surface area contributed by atoms with Crippen LogP contribution in [0.25, 0.3) is 22.3 Å². The second-order valence-corrected chi connectivity index (χ2v) is 7.79. The van der Waals surface area contributed by atoms with Crippen LogP contribution in [0.15, 0.2) is 63.8 Å². The molecule has 35 heavy (non-hydrogen) atoms. The van der Waals surface area contributed by atoms with Crippen molar-refractivity contribution in [3.8, 4) is 28.6 Å². The van der Waals surface area contributed by atoms with Gasteiger partial charge in [-0.1, -0.05) is 6.07 Å². The lowest BCUT2D eigenvalue weighted by atomic mass is 10.0. The molecule has 3 aromatic carbocycles. The number of benzene rings is 3. The predicted octanol–water partition coefficient (Wildman–Crippen LogP) is 5.22. The fourth-order valence-corrected chi connectivity index (χ4v) is 3.59. The number of carbonyl (C=O) groups excluding carboxylic acids is 1. The average Bonchev–Trinajstić information content (AvgIpc) is 2.86. The predicted molar refractivity (Wildman–Crippen MR) is 129 cm³/mol. The highest BCUT2D eigenvalue weighted by atomic mass is 16.6. The monoisotopic (exact) mass is 475 g/mol. The quantitative estimate of drug-likeness (QED) is 0.212. The molecule has 178 valence electrons. The van der Waals surface area contributed by atoms with Crippen LogP contribution in [0.5, 0.6) is 17.2 Å². The molecule has 0 N–H and O–H groups in total. The Hall–Kier alpha value is -4.66. The molecule has 0 fully saturated rings. The fraction of sp³-hybridized carbons (Fsp3) is 0.154. The molecular weight excluding hydrogens is 454 g/mol. The number of methoxy groups -OCH3 is 2. The Balaban J connectivity index is 1.92. The molecule has 0 saturated carbocycles. The maximum Gasteiger partial charge on any atom is 0.344 e. The van der Waals surface area contributed by atoms with Crippen molar-refractivity contribution >= 4 is 22.6 Å². The lowest BCUT2D eigenvalue weighted by molar-refractivity contribution is -0.384. The molecule has 0 spiro atoms. The number of nitro benzene ring substituents is 1. The van der Waals surface area contributed by atoms with Gasteiger partial charge in [0.05, 0.1) is 30.1 Å². The van der Waals surface area contributed by atoms with Crippen LogP contribution in [0, 0.1) is 24.0 Å². The van der Waals surface area contributed by atoms with Crippen molar-refractivity contribution in [3.05, 3.63) is 91.6 Å². The molecule has 0 aliphatic rings. The Morgan fingerprint density at radius 2 is 1.66 bits per heavy atom. The summed E-state index contributed by atoms with van der Waals surface area (Å²) in [6, 6.07) is 13.3. The number of nitrogens with zero attached hydrogens (tertiary/aromatic N) is 1. The van der Waals surface area contributed by atoms with Gasteiger partial charge in [0.25, 0.3) is 5.69 Å². The van der Waals surface area contributed by atoms with E-state index in [0.29, 0.717) is 22.6 Å². The molecule has 0 atom stereocenters. The van der Waals surface area contributed by atoms with E-state index in [4.69, 9.17) is 18.6 Å². The van der Waals surface area contributed by atoms with Crippen molar-refractivity contribution in [2.75, 3.05) is 14.2 Å². The van der Waals surface area contributed by atoms with Gasteiger partial charge in [0.1, 0.15) is 5.58 Å². The van der Waals surface area contributed by atoms with Crippen molar-refractivity contribution in [2.24, 2.45) is 0 Å². The van der Waals surface area contributed by atoms with E-state index in [9.17, 15) is 19.7 Å². The standard InChI is InChI=1S/C26H21NO8/c1-14-10-19-21(11-15(14)2)34-24(16-8-9-20(32-3)22(13-16)33-4)25(23(19)28)35-26(29)17-6-5-7-18(12-17)27(30)31/h5-13H,1-4H3. The van der Waals surface area contributed by atoms with Gasteiger partial charge in [-0.3, -0.25) is 14.9 Å². The number of esters is 1. The maximum atomic E-state index is 13.5. The summed E-state index contributed by atoms with van der Waals surface area (Å²) in [4.78, 5) is 36.9. The Labute approximate surface area is 199 Å². The van der Waals surface area contributed by atoms with Crippen molar-refractivity contribution in [2.45, 2.75) is 13.8 Å². The number of hydrogen-bond donors (Lipinski definition) is 0. The number of ether oxygens (including phenoxy) is 3. The van der Waals surface area contributed by atoms with Crippen molar-refractivity contribution in [1.29, 1.82) is 0 Å². The molecule has 0 unspecified atom stereocenters. The topological polar surface area (TPSA) is 118 Å². The lowest BCUT2D eigenvalue weighted by Gasteiger charge is -2.13. The van der Waals surface area contributed by atoms with E-state index in [1.165, 1.54) is 32.4 Å². The first-order valence-corrected chi connectivity index (χ1v) is 10.5. The molecular formula is C26H21NO8. The van der Waals surface area contributed by atoms with Crippen LogP contribution in [0.1, 0.15) is 21.5 Å². The fourth-order valence-electron chi connectivity index (χ4n) is 3.59. The number of rotatable bonds is 6. The average molecular weight is 475 g/mol. The highest BCUT2D eigenvalue weighted by molar-refractivity contribution is 5.93. The SMILES string of the molecule is COc1ccc(-c2oc3cc(C)c(C)cc3c(=O)c2OC(=O)c2cccc([N+](=O)[O-])c2)cc1OC. The van der Waals surface area contributed by atoms with Crippen LogP contribution in [0.2, 0.25) is 0 Å². The van der Waals surface area contributed by atoms with Gasteiger partial charge in [0.15, 0.2) is 17.3 Å². The first-order valence-electron chi connectivity index (χ1n) is 10.5. The number of hydrogen-bond acceptors (Lipinski definition) is 8. The molecule has 0 amide bonds. The lowest BCUT2D eigenvalue weighted by Crippen LogP contribution is -2.16. The van der Waals surface area contributed by atoms with Crippen LogP contribution in [-0.4, -0.2) is 25.1 Å². The minimum atomic E-state index is -0.939. The Morgan fingerprint density at radius 3 is 2.34 bits per heavy atom. The molecule has 0 aliphatic heterocycles. The first-order chi connectivity index (χ1) is 16.7. The zero-order valence-corrected chi connectivity index (χ0v) is 19.4. The molecule has 4 rings (SSSR count). The third-order valence-electron chi connectivity index (χ3n) is 5.60. The van der Waals surface area contributed by atoms with Crippen LogP contribution in [0.3, 0.4) is 0 Å². The van der Waals surface area contributed by atoms with Crippen LogP contribution in [0.4, 0.5) is 5.69 Å². The normalized spacial score (nSPS) is 10.7. The summed E-state index contributed by atoms with van der Waals surface area (Å²) in [7, 11) is 2.96. The Kier molecular flexibility index (Phi) is 6.24. The number of aryl methyl sites for hydroxylation is 2. The van der Waals surface area contributed by atoms with Gasteiger partial charge in [0, 0.05) is 17.7 Å². The molecule has 0 radical (unpaired) electrons. The second kappa shape index (κ2) is 9.30. The van der Waals surface area contributed by atoms with Gasteiger partial charge in [-0.15, -0.1) is 0 Å². The summed E-state index contributed by atoms with van der Waals surface area (Å²) in [5.41, 5.74) is 1.57. The third kappa shape index (κ3) is 4.43. The summed E-state index contributed by atoms with van der Waals surface area (Å²) in [5.74, 6) is -0.439. The molecule has 9 heteroatoms. The zero-order chi connectivity index (χ0) is 25.3. The molecule has 9 nitrogen and oxygen atoms in total. The largest absolute Gasteiger partial charge is 0.493 e. The number of nitro groups is 1. The van der Waals surface area contributed by atoms with E-state index in [1.54, 1.807) is 30.3 Å². The van der Waals surface area contributed by atoms with Gasteiger partial charge in [0.2, 0.25) is 11.2 Å². The van der Waals surface area contributed by atoms with E-state index in [-0.39, 0.29) is 28.1 Å². The van der Waals surface area contributed by atoms with E-state index in [1.807, 2.05) is 13.8 Å². The summed E-state index contributed by atoms with van der Waals surface area (Å²) >= 11 is 0. The smallest absolute Gasteiger partial charge is 0.344 e. The van der Waals surface area contributed by atoms with Gasteiger partial charge in [-0.25, -0.2) is 4.79 Å². The highest BCUT2D eigenvalue weighted by Gasteiger charge is 2.23. The highest BCUT2D eigenvalue weighted by Crippen LogP contribution is 2.37. The molecule has 0 saturated heterocycles. The van der Waals surface area contributed by atoms with Gasteiger partial charge in [-0.05, 0) is 61.4 Å². The number of non-ortho nitro benzene ring substituents is 1. The zero-order valence-electron chi connectivity index (χ0n) is 19.4. The van der Waals surface area contributed by atoms with Crippen molar-refractivity contribution < 1.29 is 28.3 Å². The van der Waals surface area contributed by atoms with E-state index in [2.05, 4.69) is 0 Å². The van der Waals surface area contributed by atoms with Gasteiger partial charge in [-0.2, -0.15) is 0 Å². The second-order valence-electron chi connectivity index (χ2n) is 7.79. The number of fused-ring (bicyclic) bond motifs is 1. The Bertz CT molecular complexity index is 1540. The number of carbonyl (C=O) groups is 1. The van der Waals surface area contributed by atoms with Gasteiger partial charge >= 0.3 is 5.97 Å². The van der Waals surface area contributed by atoms with Gasteiger partial charge < -0.3 is 18.6 Å². The summed E-state index contributed by atoms with van der Waals surface area (Å²) in [5, 5.41) is 11.3. The van der Waals surface area contributed by atoms with Crippen LogP contribution >= 0.6 is 0 Å². The molecule has 0 aliphatic carbocycles. The third-order valence-corrected chi connectivity index (χ3v) is 5.60. The minimum Gasteiger partial charge on any atom is -0.493 e. The molecule has 1 aromatic heterocycles. The Morgan fingerprint density at radius 1 is 0.943 bits per heavy atom. The maximum absolute atomic E-state index is 13.5. The summed E-state index contributed by atoms with van der Waals surface area (Å²) < 4.78 is 22.2. The summed E-state index contributed by atoms with van der Waals surface area (Å²) in [6.07, 6.45) is 0. The van der Waals surface area contributed by atoms with Crippen molar-refractivity contribution in [1.82, 2.24) is 0 Å². The molecule has 1 heterocycles. The van der Waals surface area contributed by atoms with E-state index >= 15 is 0 Å². The minimum absolute atomic E-state index is 0.00508. The van der Waals surface area contributed by atoms with Crippen LogP contribution in [-0.2, 0) is 0 Å². The van der Waals surface area contributed by atoms with Crippen molar-refractivity contribution in [3.63, 3.8) is 0 Å². The van der Waals surface area contributed by atoms with Crippen LogP contribution < -0.4 is 19.6 Å².